The molecular weight excluding hydrogens is 352 g/mol. The summed E-state index contributed by atoms with van der Waals surface area (Å²) in [6.45, 7) is 3.87. The Kier molecular flexibility index (Phi) is 5.46. The molecular formula is C12H14Br2O3. The molecule has 0 aliphatic heterocycles. The number of rotatable bonds is 4. The Morgan fingerprint density at radius 2 is 1.94 bits per heavy atom. The van der Waals surface area contributed by atoms with Crippen LogP contribution in [0.25, 0.3) is 0 Å². The van der Waals surface area contributed by atoms with Gasteiger partial charge < -0.3 is 9.84 Å². The van der Waals surface area contributed by atoms with Crippen LogP contribution in [-0.4, -0.2) is 11.1 Å². The molecule has 1 unspecified atom stereocenters. The Balaban J connectivity index is 2.79. The monoisotopic (exact) mass is 364 g/mol. The van der Waals surface area contributed by atoms with E-state index in [2.05, 4.69) is 31.9 Å². The molecule has 3 nitrogen and oxygen atoms in total. The lowest BCUT2D eigenvalue weighted by atomic mass is 10.1. The minimum absolute atomic E-state index is 0.0893. The van der Waals surface area contributed by atoms with E-state index < -0.39 is 0 Å². The number of esters is 1. The van der Waals surface area contributed by atoms with Crippen molar-refractivity contribution >= 4 is 37.8 Å². The van der Waals surface area contributed by atoms with Crippen molar-refractivity contribution in [1.82, 2.24) is 0 Å². The van der Waals surface area contributed by atoms with Crippen LogP contribution in [0.2, 0.25) is 0 Å². The van der Waals surface area contributed by atoms with Gasteiger partial charge in [-0.1, -0.05) is 20.3 Å². The van der Waals surface area contributed by atoms with E-state index >= 15 is 0 Å². The highest BCUT2D eigenvalue weighted by molar-refractivity contribution is 9.11. The van der Waals surface area contributed by atoms with Gasteiger partial charge in [-0.25, -0.2) is 0 Å². The predicted molar refractivity (Wildman–Crippen MR) is 73.2 cm³/mol. The zero-order valence-electron chi connectivity index (χ0n) is 9.67. The molecule has 94 valence electrons. The second-order valence-corrected chi connectivity index (χ2v) is 5.56. The van der Waals surface area contributed by atoms with Crippen molar-refractivity contribution in [2.75, 3.05) is 0 Å². The largest absolute Gasteiger partial charge is 0.506 e. The van der Waals surface area contributed by atoms with Crippen LogP contribution in [0.4, 0.5) is 0 Å². The van der Waals surface area contributed by atoms with E-state index in [1.54, 1.807) is 12.1 Å². The molecule has 1 rings (SSSR count). The second-order valence-electron chi connectivity index (χ2n) is 3.85. The fourth-order valence-corrected chi connectivity index (χ4v) is 2.51. The molecule has 0 amide bonds. The molecule has 0 radical (unpaired) electrons. The molecule has 0 bridgehead atoms. The van der Waals surface area contributed by atoms with E-state index in [9.17, 15) is 9.90 Å². The molecule has 0 heterocycles. The van der Waals surface area contributed by atoms with Crippen molar-refractivity contribution < 1.29 is 14.6 Å². The Morgan fingerprint density at radius 1 is 1.41 bits per heavy atom. The van der Waals surface area contributed by atoms with Crippen molar-refractivity contribution in [3.63, 3.8) is 0 Å². The van der Waals surface area contributed by atoms with Crippen LogP contribution in [0.15, 0.2) is 21.1 Å². The SMILES string of the molecule is CCCC(C)C(=O)Oc1cc(Br)c(O)c(Br)c1. The first kappa shape index (κ1) is 14.5. The summed E-state index contributed by atoms with van der Waals surface area (Å²) in [6, 6.07) is 3.13. The summed E-state index contributed by atoms with van der Waals surface area (Å²) in [4.78, 5) is 11.7. The summed E-state index contributed by atoms with van der Waals surface area (Å²) >= 11 is 6.37. The van der Waals surface area contributed by atoms with Crippen LogP contribution >= 0.6 is 31.9 Å². The zero-order chi connectivity index (χ0) is 13.0. The van der Waals surface area contributed by atoms with Gasteiger partial charge in [0.05, 0.1) is 14.9 Å². The molecule has 0 saturated heterocycles. The van der Waals surface area contributed by atoms with Crippen molar-refractivity contribution in [2.45, 2.75) is 26.7 Å². The third-order valence-corrected chi connectivity index (χ3v) is 3.54. The van der Waals surface area contributed by atoms with Crippen LogP contribution in [0.5, 0.6) is 11.5 Å². The van der Waals surface area contributed by atoms with Gasteiger partial charge in [0, 0.05) is 0 Å². The molecule has 0 aromatic heterocycles. The maximum atomic E-state index is 11.7. The van der Waals surface area contributed by atoms with Crippen molar-refractivity contribution in [1.29, 1.82) is 0 Å². The number of hydrogen-bond donors (Lipinski definition) is 1. The first-order valence-electron chi connectivity index (χ1n) is 5.35. The van der Waals surface area contributed by atoms with Crippen LogP contribution < -0.4 is 4.74 Å². The number of carbonyl (C=O) groups excluding carboxylic acids is 1. The quantitative estimate of drug-likeness (QED) is 0.640. The van der Waals surface area contributed by atoms with Gasteiger partial charge in [-0.15, -0.1) is 0 Å². The molecule has 1 N–H and O–H groups in total. The van der Waals surface area contributed by atoms with E-state index in [1.165, 1.54) is 0 Å². The molecule has 1 atom stereocenters. The van der Waals surface area contributed by atoms with Crippen molar-refractivity contribution in [2.24, 2.45) is 5.92 Å². The molecule has 0 spiro atoms. The summed E-state index contributed by atoms with van der Waals surface area (Å²) in [7, 11) is 0. The summed E-state index contributed by atoms with van der Waals surface area (Å²) in [5, 5.41) is 9.52. The van der Waals surface area contributed by atoms with Crippen LogP contribution in [0.1, 0.15) is 26.7 Å². The van der Waals surface area contributed by atoms with Gasteiger partial charge in [0.2, 0.25) is 0 Å². The summed E-state index contributed by atoms with van der Waals surface area (Å²) in [6.07, 6.45) is 1.75. The van der Waals surface area contributed by atoms with Crippen LogP contribution in [-0.2, 0) is 4.79 Å². The van der Waals surface area contributed by atoms with Gasteiger partial charge in [-0.2, -0.15) is 0 Å². The Labute approximate surface area is 117 Å². The van der Waals surface area contributed by atoms with E-state index in [0.717, 1.165) is 12.8 Å². The highest BCUT2D eigenvalue weighted by atomic mass is 79.9. The second kappa shape index (κ2) is 6.40. The molecule has 5 heteroatoms. The lowest BCUT2D eigenvalue weighted by Crippen LogP contribution is -2.17. The minimum atomic E-state index is -0.253. The Bertz CT molecular complexity index is 395. The standard InChI is InChI=1S/C12H14Br2O3/c1-3-4-7(2)12(16)17-8-5-9(13)11(15)10(14)6-8/h5-7,15H,3-4H2,1-2H3. The van der Waals surface area contributed by atoms with Crippen molar-refractivity contribution in [3.05, 3.63) is 21.1 Å². The number of phenols is 1. The lowest BCUT2D eigenvalue weighted by Gasteiger charge is -2.11. The molecule has 1 aromatic rings. The fourth-order valence-electron chi connectivity index (χ4n) is 1.37. The van der Waals surface area contributed by atoms with Gasteiger partial charge in [-0.3, -0.25) is 4.79 Å². The first-order valence-corrected chi connectivity index (χ1v) is 6.94. The number of ether oxygens (including phenoxy) is 1. The highest BCUT2D eigenvalue weighted by Crippen LogP contribution is 2.36. The van der Waals surface area contributed by atoms with E-state index in [-0.39, 0.29) is 17.6 Å². The maximum absolute atomic E-state index is 11.7. The van der Waals surface area contributed by atoms with Crippen molar-refractivity contribution in [3.8, 4) is 11.5 Å². The normalized spacial score (nSPS) is 12.2. The summed E-state index contributed by atoms with van der Waals surface area (Å²) in [5.41, 5.74) is 0. The molecule has 0 saturated carbocycles. The Morgan fingerprint density at radius 3 is 2.41 bits per heavy atom. The number of carbonyl (C=O) groups is 1. The zero-order valence-corrected chi connectivity index (χ0v) is 12.8. The van der Waals surface area contributed by atoms with E-state index in [4.69, 9.17) is 4.74 Å². The average Bonchev–Trinajstić information content (AvgIpc) is 2.26. The molecule has 0 fully saturated rings. The number of halogens is 2. The maximum Gasteiger partial charge on any atom is 0.314 e. The van der Waals surface area contributed by atoms with E-state index in [0.29, 0.717) is 14.7 Å². The van der Waals surface area contributed by atoms with Gasteiger partial charge in [0.25, 0.3) is 0 Å². The molecule has 0 aliphatic carbocycles. The summed E-state index contributed by atoms with van der Waals surface area (Å²) in [5.74, 6) is 0.128. The number of aromatic hydroxyl groups is 1. The highest BCUT2D eigenvalue weighted by Gasteiger charge is 2.15. The number of benzene rings is 1. The van der Waals surface area contributed by atoms with Gasteiger partial charge in [-0.05, 0) is 50.4 Å². The number of phenolic OH excluding ortho intramolecular Hbond substituents is 1. The van der Waals surface area contributed by atoms with E-state index in [1.807, 2.05) is 13.8 Å². The summed E-state index contributed by atoms with van der Waals surface area (Å²) < 4.78 is 6.20. The molecule has 17 heavy (non-hydrogen) atoms. The topological polar surface area (TPSA) is 46.5 Å². The first-order chi connectivity index (χ1) is 7.95. The molecule has 0 aliphatic rings. The van der Waals surface area contributed by atoms with Crippen LogP contribution in [0.3, 0.4) is 0 Å². The molecule has 1 aromatic carbocycles. The van der Waals surface area contributed by atoms with Gasteiger partial charge in [0.15, 0.2) is 0 Å². The third-order valence-electron chi connectivity index (χ3n) is 2.33. The van der Waals surface area contributed by atoms with Gasteiger partial charge >= 0.3 is 5.97 Å². The third kappa shape index (κ3) is 4.00. The number of hydrogen-bond acceptors (Lipinski definition) is 3. The fraction of sp³-hybridized carbons (Fsp3) is 0.417. The van der Waals surface area contributed by atoms with Gasteiger partial charge in [0.1, 0.15) is 11.5 Å². The average molecular weight is 366 g/mol. The predicted octanol–water partition coefficient (Wildman–Crippen LogP) is 4.26. The Hall–Kier alpha value is -0.550. The minimum Gasteiger partial charge on any atom is -0.506 e. The lowest BCUT2D eigenvalue weighted by molar-refractivity contribution is -0.138. The smallest absolute Gasteiger partial charge is 0.314 e. The van der Waals surface area contributed by atoms with Crippen LogP contribution in [0, 0.1) is 5.92 Å².